The number of allylic oxidation sites excluding steroid dienone is 1. The van der Waals surface area contributed by atoms with E-state index in [-0.39, 0.29) is 6.10 Å². The van der Waals surface area contributed by atoms with E-state index >= 15 is 0 Å². The molecule has 0 aromatic heterocycles. The number of hydrogen-bond acceptors (Lipinski definition) is 1. The highest BCUT2D eigenvalue weighted by atomic mass is 16.5. The van der Waals surface area contributed by atoms with Crippen molar-refractivity contribution < 1.29 is 4.74 Å². The van der Waals surface area contributed by atoms with Crippen molar-refractivity contribution in [2.24, 2.45) is 0 Å². The third-order valence-corrected chi connectivity index (χ3v) is 2.86. The van der Waals surface area contributed by atoms with Crippen molar-refractivity contribution in [2.45, 2.75) is 39.2 Å². The second-order valence-electron chi connectivity index (χ2n) is 4.10. The second-order valence-corrected chi connectivity index (χ2v) is 4.10. The topological polar surface area (TPSA) is 9.23 Å². The molecule has 0 N–H and O–H groups in total. The molecule has 0 bridgehead atoms. The lowest BCUT2D eigenvalue weighted by molar-refractivity contribution is 0.123. The zero-order chi connectivity index (χ0) is 10.7. The number of rotatable bonds is 3. The zero-order valence-electron chi connectivity index (χ0n) is 9.49. The summed E-state index contributed by atoms with van der Waals surface area (Å²) in [5.74, 6) is 1.14. The Hall–Kier alpha value is -1.24. The van der Waals surface area contributed by atoms with Gasteiger partial charge in [-0.15, -0.1) is 0 Å². The van der Waals surface area contributed by atoms with E-state index in [0.717, 1.165) is 12.2 Å². The lowest BCUT2D eigenvalue weighted by Crippen LogP contribution is -2.07. The summed E-state index contributed by atoms with van der Waals surface area (Å²) in [7, 11) is 0. The smallest absolute Gasteiger partial charge is 0.121 e. The Morgan fingerprint density at radius 1 is 1.27 bits per heavy atom. The third kappa shape index (κ3) is 2.23. The molecule has 1 aliphatic heterocycles. The summed E-state index contributed by atoms with van der Waals surface area (Å²) in [6.45, 7) is 4.33. The Balaban J connectivity index is 2.22. The fourth-order valence-corrected chi connectivity index (χ4v) is 1.99. The summed E-state index contributed by atoms with van der Waals surface area (Å²) in [5, 5.41) is 0. The Morgan fingerprint density at radius 2 is 2.07 bits per heavy atom. The summed E-state index contributed by atoms with van der Waals surface area (Å²) in [4.78, 5) is 0. The summed E-state index contributed by atoms with van der Waals surface area (Å²) in [5.41, 5.74) is 2.63. The van der Waals surface area contributed by atoms with E-state index in [2.05, 4.69) is 44.2 Å². The summed E-state index contributed by atoms with van der Waals surface area (Å²) >= 11 is 0. The number of fused-ring (bicyclic) bond motifs is 1. The van der Waals surface area contributed by atoms with Crippen LogP contribution >= 0.6 is 0 Å². The van der Waals surface area contributed by atoms with Crippen LogP contribution in [-0.4, -0.2) is 0 Å². The van der Waals surface area contributed by atoms with Gasteiger partial charge in [0.2, 0.25) is 0 Å². The Morgan fingerprint density at radius 3 is 2.87 bits per heavy atom. The van der Waals surface area contributed by atoms with Crippen LogP contribution in [0.25, 0.3) is 6.08 Å². The Labute approximate surface area is 91.8 Å². The van der Waals surface area contributed by atoms with Gasteiger partial charge in [-0.25, -0.2) is 0 Å². The van der Waals surface area contributed by atoms with Crippen LogP contribution in [0.1, 0.15) is 50.3 Å². The molecule has 0 amide bonds. The van der Waals surface area contributed by atoms with E-state index in [1.165, 1.54) is 24.0 Å². The highest BCUT2D eigenvalue weighted by Crippen LogP contribution is 2.32. The molecule has 1 aromatic rings. The Kier molecular flexibility index (Phi) is 3.10. The van der Waals surface area contributed by atoms with Gasteiger partial charge in [0.25, 0.3) is 0 Å². The van der Waals surface area contributed by atoms with Gasteiger partial charge in [-0.2, -0.15) is 0 Å². The monoisotopic (exact) mass is 202 g/mol. The van der Waals surface area contributed by atoms with Crippen LogP contribution in [0, 0.1) is 0 Å². The van der Waals surface area contributed by atoms with E-state index in [1.807, 2.05) is 0 Å². The fraction of sp³-hybridized carbons (Fsp3) is 0.429. The maximum atomic E-state index is 5.88. The molecule has 0 unspecified atom stereocenters. The molecular weight excluding hydrogens is 184 g/mol. The van der Waals surface area contributed by atoms with Gasteiger partial charge in [0.1, 0.15) is 6.10 Å². The number of hydrogen-bond donors (Lipinski definition) is 0. The SMILES string of the molecule is CCCCC1=Cc2ccccc2[C@@H](C)O1. The molecule has 0 radical (unpaired) electrons. The van der Waals surface area contributed by atoms with Crippen LogP contribution in [0.3, 0.4) is 0 Å². The quantitative estimate of drug-likeness (QED) is 0.709. The predicted octanol–water partition coefficient (Wildman–Crippen LogP) is 4.31. The van der Waals surface area contributed by atoms with Gasteiger partial charge < -0.3 is 4.74 Å². The zero-order valence-corrected chi connectivity index (χ0v) is 9.49. The van der Waals surface area contributed by atoms with Crippen molar-refractivity contribution in [3.8, 4) is 0 Å². The lowest BCUT2D eigenvalue weighted by atomic mass is 9.99. The minimum Gasteiger partial charge on any atom is -0.490 e. The van der Waals surface area contributed by atoms with Crippen LogP contribution in [0.15, 0.2) is 30.0 Å². The number of unbranched alkanes of at least 4 members (excludes halogenated alkanes) is 1. The van der Waals surface area contributed by atoms with Gasteiger partial charge in [0, 0.05) is 6.42 Å². The number of benzene rings is 1. The van der Waals surface area contributed by atoms with Crippen LogP contribution in [0.4, 0.5) is 0 Å². The van der Waals surface area contributed by atoms with E-state index in [9.17, 15) is 0 Å². The predicted molar refractivity (Wildman–Crippen MR) is 63.4 cm³/mol. The van der Waals surface area contributed by atoms with Crippen LogP contribution in [0.5, 0.6) is 0 Å². The van der Waals surface area contributed by atoms with Crippen LogP contribution < -0.4 is 0 Å². The van der Waals surface area contributed by atoms with Gasteiger partial charge in [0.05, 0.1) is 5.76 Å². The standard InChI is InChI=1S/C14H18O/c1-3-4-8-13-10-12-7-5-6-9-14(12)11(2)15-13/h5-7,9-11H,3-4,8H2,1-2H3/t11-/m1/s1. The van der Waals surface area contributed by atoms with Crippen molar-refractivity contribution in [1.29, 1.82) is 0 Å². The first kappa shape index (κ1) is 10.3. The normalized spacial score (nSPS) is 19.1. The van der Waals surface area contributed by atoms with E-state index in [1.54, 1.807) is 0 Å². The average Bonchev–Trinajstić information content (AvgIpc) is 2.26. The maximum absolute atomic E-state index is 5.88. The molecular formula is C14H18O. The van der Waals surface area contributed by atoms with Crippen LogP contribution in [-0.2, 0) is 4.74 Å². The van der Waals surface area contributed by atoms with Gasteiger partial charge in [-0.3, -0.25) is 0 Å². The van der Waals surface area contributed by atoms with Gasteiger partial charge in [-0.1, -0.05) is 37.6 Å². The molecule has 2 rings (SSSR count). The molecule has 1 atom stereocenters. The van der Waals surface area contributed by atoms with Crippen molar-refractivity contribution in [3.63, 3.8) is 0 Å². The molecule has 1 heterocycles. The molecule has 0 fully saturated rings. The first-order chi connectivity index (χ1) is 7.31. The maximum Gasteiger partial charge on any atom is 0.121 e. The second kappa shape index (κ2) is 4.52. The van der Waals surface area contributed by atoms with Gasteiger partial charge >= 0.3 is 0 Å². The van der Waals surface area contributed by atoms with Crippen LogP contribution in [0.2, 0.25) is 0 Å². The van der Waals surface area contributed by atoms with E-state index in [0.29, 0.717) is 0 Å². The molecule has 0 saturated heterocycles. The number of ether oxygens (including phenoxy) is 1. The largest absolute Gasteiger partial charge is 0.490 e. The molecule has 80 valence electrons. The average molecular weight is 202 g/mol. The molecule has 1 nitrogen and oxygen atoms in total. The van der Waals surface area contributed by atoms with Gasteiger partial charge in [-0.05, 0) is 30.5 Å². The summed E-state index contributed by atoms with van der Waals surface area (Å²) in [6, 6.07) is 8.47. The van der Waals surface area contributed by atoms with E-state index in [4.69, 9.17) is 4.74 Å². The van der Waals surface area contributed by atoms with E-state index < -0.39 is 0 Å². The highest BCUT2D eigenvalue weighted by molar-refractivity contribution is 5.58. The first-order valence-corrected chi connectivity index (χ1v) is 5.77. The van der Waals surface area contributed by atoms with Crippen molar-refractivity contribution in [2.75, 3.05) is 0 Å². The molecule has 0 aliphatic carbocycles. The summed E-state index contributed by atoms with van der Waals surface area (Å²) < 4.78 is 5.88. The fourth-order valence-electron chi connectivity index (χ4n) is 1.99. The van der Waals surface area contributed by atoms with Gasteiger partial charge in [0.15, 0.2) is 0 Å². The minimum absolute atomic E-state index is 0.207. The molecule has 0 spiro atoms. The molecule has 1 heteroatoms. The summed E-state index contributed by atoms with van der Waals surface area (Å²) in [6.07, 6.45) is 5.88. The third-order valence-electron chi connectivity index (χ3n) is 2.86. The first-order valence-electron chi connectivity index (χ1n) is 5.77. The molecule has 1 aromatic carbocycles. The minimum atomic E-state index is 0.207. The van der Waals surface area contributed by atoms with Crippen molar-refractivity contribution in [1.82, 2.24) is 0 Å². The van der Waals surface area contributed by atoms with Crippen molar-refractivity contribution >= 4 is 6.08 Å². The molecule has 15 heavy (non-hydrogen) atoms. The molecule has 0 saturated carbocycles. The Bertz CT molecular complexity index is 365. The highest BCUT2D eigenvalue weighted by Gasteiger charge is 2.17. The molecule has 1 aliphatic rings. The lowest BCUT2D eigenvalue weighted by Gasteiger charge is -2.24. The van der Waals surface area contributed by atoms with Crippen molar-refractivity contribution in [3.05, 3.63) is 41.2 Å².